The van der Waals surface area contributed by atoms with E-state index in [4.69, 9.17) is 23.5 Å². The van der Waals surface area contributed by atoms with Gasteiger partial charge in [-0.05, 0) is 42.5 Å². The van der Waals surface area contributed by atoms with Gasteiger partial charge in [0.15, 0.2) is 23.4 Å². The van der Waals surface area contributed by atoms with Gasteiger partial charge in [-0.2, -0.15) is 0 Å². The van der Waals surface area contributed by atoms with Gasteiger partial charge in [0.05, 0.1) is 6.20 Å². The van der Waals surface area contributed by atoms with Gasteiger partial charge in [0.2, 0.25) is 23.6 Å². The Bertz CT molecular complexity index is 2520. The number of ether oxygens (including phenoxy) is 1. The molecule has 10 rings (SSSR count). The van der Waals surface area contributed by atoms with E-state index < -0.39 is 23.7 Å². The molecule has 7 heterocycles. The Labute approximate surface area is 298 Å². The molecule has 2 unspecified atom stereocenters. The molecule has 3 aromatic carbocycles. The van der Waals surface area contributed by atoms with E-state index in [0.717, 1.165) is 50.0 Å². The second-order valence-electron chi connectivity index (χ2n) is 14.5. The lowest BCUT2D eigenvalue weighted by Crippen LogP contribution is -2.49. The third-order valence-corrected chi connectivity index (χ3v) is 11.0. The van der Waals surface area contributed by atoms with Crippen LogP contribution < -0.4 is 20.7 Å². The lowest BCUT2D eigenvalue weighted by atomic mass is 9.72. The van der Waals surface area contributed by atoms with Crippen molar-refractivity contribution in [3.8, 4) is 39.8 Å². The van der Waals surface area contributed by atoms with Crippen LogP contribution in [-0.4, -0.2) is 39.0 Å². The van der Waals surface area contributed by atoms with Crippen LogP contribution in [0.2, 0.25) is 0 Å². The molecule has 4 N–H and O–H groups in total. The fraction of sp³-hybridized carbons (Fsp3) is 0.268. The molecule has 11 heteroatoms. The van der Waals surface area contributed by atoms with Crippen molar-refractivity contribution in [1.29, 1.82) is 0 Å². The quantitative estimate of drug-likeness (QED) is 0.143. The van der Waals surface area contributed by atoms with Crippen LogP contribution in [0.25, 0.3) is 44.9 Å². The first-order chi connectivity index (χ1) is 25.3. The molecule has 4 aliphatic heterocycles. The molecular formula is C41H36N6O5. The number of nitrogens with one attached hydrogen (secondary N) is 4. The maximum Gasteiger partial charge on any atom is 0.249 e. The molecule has 4 atom stereocenters. The fourth-order valence-corrected chi connectivity index (χ4v) is 8.53. The Balaban J connectivity index is 1.28. The molecule has 0 saturated carbocycles. The second-order valence-corrected chi connectivity index (χ2v) is 14.5. The van der Waals surface area contributed by atoms with E-state index in [1.807, 2.05) is 51.2 Å². The smallest absolute Gasteiger partial charge is 0.249 e. The number of rotatable bonds is 4. The first-order valence-electron chi connectivity index (χ1n) is 17.8. The summed E-state index contributed by atoms with van der Waals surface area (Å²) in [6.45, 7) is 7.74. The zero-order valence-corrected chi connectivity index (χ0v) is 29.1. The van der Waals surface area contributed by atoms with E-state index in [9.17, 15) is 9.59 Å². The number of anilines is 1. The molecule has 10 bridgehead atoms. The summed E-state index contributed by atoms with van der Waals surface area (Å²) in [4.78, 5) is 40.9. The standard InChI is InChI=1S/C41H36N6O5/c1-5-8-20(4)36(48)44-28-16-21-13-14-29-26(15-21)41-25-11-6-10-23(33(25)47-40(41)51-29)22-9-7-12-27-31(22)24(17-42-27)30-18-43-38(50-30)34-35(41)52-39(46-34)32(19(2)3)45-37(28)49/h6-15,17-19,28,32,40,42,47H,5,16H2,1-4H3,(H,44,48)(H,45,49)/b20-8+/t28-,32-,40?,41?/m0/s1. The van der Waals surface area contributed by atoms with Crippen LogP contribution >= 0.6 is 0 Å². The first-order valence-corrected chi connectivity index (χ1v) is 17.8. The monoisotopic (exact) mass is 692 g/mol. The Kier molecular flexibility index (Phi) is 6.46. The number of allylic oxidation sites excluding steroid dienone is 1. The molecule has 0 aliphatic carbocycles. The first kappa shape index (κ1) is 30.7. The number of aromatic nitrogens is 3. The summed E-state index contributed by atoms with van der Waals surface area (Å²) < 4.78 is 20.5. The highest BCUT2D eigenvalue weighted by Gasteiger charge is 2.61. The minimum Gasteiger partial charge on any atom is -0.469 e. The Hall–Kier alpha value is -6.10. The van der Waals surface area contributed by atoms with Gasteiger partial charge in [-0.3, -0.25) is 9.59 Å². The molecule has 260 valence electrons. The van der Waals surface area contributed by atoms with Crippen molar-refractivity contribution < 1.29 is 23.2 Å². The summed E-state index contributed by atoms with van der Waals surface area (Å²) in [5, 5.41) is 11.0. The summed E-state index contributed by atoms with van der Waals surface area (Å²) in [5.41, 5.74) is 7.46. The minimum absolute atomic E-state index is 0.128. The summed E-state index contributed by atoms with van der Waals surface area (Å²) in [7, 11) is 0. The highest BCUT2D eigenvalue weighted by Crippen LogP contribution is 2.61. The number of H-pyrrole nitrogens is 1. The van der Waals surface area contributed by atoms with Gasteiger partial charge in [0.25, 0.3) is 0 Å². The number of aromatic amines is 1. The predicted octanol–water partition coefficient (Wildman–Crippen LogP) is 7.15. The average Bonchev–Trinajstić information content (AvgIpc) is 3.96. The topological polar surface area (TPSA) is 147 Å². The molecule has 1 spiro atoms. The zero-order valence-electron chi connectivity index (χ0n) is 29.1. The molecule has 11 nitrogen and oxygen atoms in total. The number of hydrogen-bond donors (Lipinski definition) is 4. The van der Waals surface area contributed by atoms with Gasteiger partial charge < -0.3 is 34.5 Å². The molecule has 3 aromatic heterocycles. The third-order valence-electron chi connectivity index (χ3n) is 11.0. The van der Waals surface area contributed by atoms with Crippen molar-refractivity contribution in [2.45, 2.75) is 64.3 Å². The summed E-state index contributed by atoms with van der Waals surface area (Å²) in [6, 6.07) is 17.0. The van der Waals surface area contributed by atoms with E-state index in [-0.39, 0.29) is 24.2 Å². The van der Waals surface area contributed by atoms with Crippen molar-refractivity contribution in [1.82, 2.24) is 25.6 Å². The van der Waals surface area contributed by atoms with Crippen LogP contribution in [0.15, 0.2) is 87.5 Å². The van der Waals surface area contributed by atoms with Gasteiger partial charge in [0.1, 0.15) is 23.2 Å². The van der Waals surface area contributed by atoms with Gasteiger partial charge in [-0.1, -0.05) is 69.3 Å². The predicted molar refractivity (Wildman–Crippen MR) is 194 cm³/mol. The highest BCUT2D eigenvalue weighted by atomic mass is 16.5. The summed E-state index contributed by atoms with van der Waals surface area (Å²) in [6.07, 6.45) is 5.89. The van der Waals surface area contributed by atoms with E-state index in [2.05, 4.69) is 57.3 Å². The zero-order chi connectivity index (χ0) is 35.5. The van der Waals surface area contributed by atoms with Crippen molar-refractivity contribution >= 4 is 28.4 Å². The number of fused-ring (bicyclic) bond motifs is 7. The van der Waals surface area contributed by atoms with Crippen LogP contribution in [-0.2, 0) is 21.4 Å². The maximum absolute atomic E-state index is 14.2. The van der Waals surface area contributed by atoms with Crippen molar-refractivity contribution in [2.75, 3.05) is 5.32 Å². The van der Waals surface area contributed by atoms with E-state index in [1.165, 1.54) is 0 Å². The van der Waals surface area contributed by atoms with Crippen LogP contribution in [0.5, 0.6) is 5.75 Å². The summed E-state index contributed by atoms with van der Waals surface area (Å²) >= 11 is 0. The van der Waals surface area contributed by atoms with Crippen molar-refractivity contribution in [3.63, 3.8) is 0 Å². The highest BCUT2D eigenvalue weighted by molar-refractivity contribution is 6.07. The number of para-hydroxylation sites is 1. The van der Waals surface area contributed by atoms with Crippen LogP contribution in [0.3, 0.4) is 0 Å². The van der Waals surface area contributed by atoms with Gasteiger partial charge in [-0.25, -0.2) is 9.97 Å². The molecule has 52 heavy (non-hydrogen) atoms. The molecular weight excluding hydrogens is 656 g/mol. The van der Waals surface area contributed by atoms with E-state index >= 15 is 0 Å². The lowest BCUT2D eigenvalue weighted by molar-refractivity contribution is -0.128. The number of nitrogens with zero attached hydrogens (tertiary/aromatic N) is 2. The SMILES string of the molecule is CC/C=C(\C)C(=O)N[C@H]1Cc2ccc3c(c2)C24c5cccc(c5NC2O3)-c2cccc3[nH]cc(c23)-c2cnc(o2)-c2nc(oc24)[C@H](C(C)C)NC1=O. The molecule has 0 radical (unpaired) electrons. The number of benzene rings is 3. The van der Waals surface area contributed by atoms with E-state index in [0.29, 0.717) is 46.7 Å². The molecule has 0 fully saturated rings. The fourth-order valence-electron chi connectivity index (χ4n) is 8.53. The molecule has 4 aliphatic rings. The number of oxazole rings is 2. The van der Waals surface area contributed by atoms with Crippen LogP contribution in [0.4, 0.5) is 5.69 Å². The Morgan fingerprint density at radius 3 is 2.75 bits per heavy atom. The normalized spacial score (nSPS) is 22.2. The van der Waals surface area contributed by atoms with Crippen LogP contribution in [0.1, 0.15) is 68.5 Å². The number of hydrogen-bond acceptors (Lipinski definition) is 8. The number of amides is 2. The Morgan fingerprint density at radius 2 is 1.90 bits per heavy atom. The van der Waals surface area contributed by atoms with E-state index in [1.54, 1.807) is 13.1 Å². The second kappa shape index (κ2) is 10.9. The largest absolute Gasteiger partial charge is 0.469 e. The maximum atomic E-state index is 14.2. The Morgan fingerprint density at radius 1 is 1.06 bits per heavy atom. The average molecular weight is 693 g/mol. The number of carbonyl (C=O) groups is 2. The minimum atomic E-state index is -1.02. The molecule has 2 amide bonds. The van der Waals surface area contributed by atoms with Crippen molar-refractivity contribution in [2.24, 2.45) is 5.92 Å². The van der Waals surface area contributed by atoms with Gasteiger partial charge >= 0.3 is 0 Å². The van der Waals surface area contributed by atoms with Crippen molar-refractivity contribution in [3.05, 3.63) is 107 Å². The lowest BCUT2D eigenvalue weighted by Gasteiger charge is -2.29. The number of carbonyl (C=O) groups excluding carboxylic acids is 2. The molecule has 6 aromatic rings. The van der Waals surface area contributed by atoms with Crippen LogP contribution in [0, 0.1) is 5.92 Å². The third kappa shape index (κ3) is 4.13. The van der Waals surface area contributed by atoms with Gasteiger partial charge in [0, 0.05) is 57.0 Å². The summed E-state index contributed by atoms with van der Waals surface area (Å²) in [5.74, 6) is 1.63. The molecule has 0 saturated heterocycles. The van der Waals surface area contributed by atoms with Gasteiger partial charge in [-0.15, -0.1) is 0 Å².